The molecule has 0 heterocycles. The van der Waals surface area contributed by atoms with Crippen LogP contribution in [0.5, 0.6) is 0 Å². The third-order valence-corrected chi connectivity index (χ3v) is 5.62. The molecule has 0 spiro atoms. The molecule has 176 valence electrons. The fraction of sp³-hybridized carbons (Fsp3) is 0.400. The molecule has 1 aliphatic carbocycles. The first-order valence-electron chi connectivity index (χ1n) is 11.2. The summed E-state index contributed by atoms with van der Waals surface area (Å²) in [5.41, 5.74) is 4.61. The van der Waals surface area contributed by atoms with Crippen molar-refractivity contribution in [2.75, 3.05) is 26.4 Å². The van der Waals surface area contributed by atoms with Gasteiger partial charge in [0.15, 0.2) is 0 Å². The van der Waals surface area contributed by atoms with Gasteiger partial charge in [-0.05, 0) is 28.7 Å². The molecule has 0 bridgehead atoms. The number of carbonyl (C=O) groups is 3. The summed E-state index contributed by atoms with van der Waals surface area (Å²) in [6.45, 7) is 2.72. The van der Waals surface area contributed by atoms with Crippen LogP contribution < -0.4 is 10.6 Å². The maximum Gasteiger partial charge on any atom is 0.407 e. The summed E-state index contributed by atoms with van der Waals surface area (Å²) in [5, 5.41) is 14.0. The summed E-state index contributed by atoms with van der Waals surface area (Å²) < 4.78 is 10.7. The van der Waals surface area contributed by atoms with Crippen LogP contribution in [-0.2, 0) is 19.1 Å². The standard InChI is InChI=1S/C25H30N2O6/c1-2-17(15-23(28)26-12-14-32-13-11-24(29)30)27-25(31)33-16-22-20-9-5-3-7-18(20)19-8-4-6-10-21(19)22/h3-10,17,22H,2,11-16H2,1H3,(H,26,28)(H,27,31)(H,29,30)/t17-/m1/s1. The van der Waals surface area contributed by atoms with Crippen molar-refractivity contribution in [3.63, 3.8) is 0 Å². The van der Waals surface area contributed by atoms with Crippen molar-refractivity contribution in [3.8, 4) is 11.1 Å². The van der Waals surface area contributed by atoms with E-state index in [0.29, 0.717) is 6.42 Å². The number of aliphatic carboxylic acids is 1. The molecule has 0 radical (unpaired) electrons. The number of carbonyl (C=O) groups excluding carboxylic acids is 2. The molecule has 2 aromatic carbocycles. The normalized spacial score (nSPS) is 13.0. The third kappa shape index (κ3) is 6.79. The molecular formula is C25H30N2O6. The summed E-state index contributed by atoms with van der Waals surface area (Å²) in [7, 11) is 0. The number of rotatable bonds is 12. The van der Waals surface area contributed by atoms with Gasteiger partial charge in [0.2, 0.25) is 5.91 Å². The van der Waals surface area contributed by atoms with E-state index in [1.807, 2.05) is 31.2 Å². The van der Waals surface area contributed by atoms with Crippen LogP contribution in [0.2, 0.25) is 0 Å². The van der Waals surface area contributed by atoms with Gasteiger partial charge in [-0.25, -0.2) is 4.79 Å². The van der Waals surface area contributed by atoms with Gasteiger partial charge in [0.1, 0.15) is 6.61 Å². The molecule has 0 unspecified atom stereocenters. The Kier molecular flexibility index (Phi) is 8.83. The largest absolute Gasteiger partial charge is 0.481 e. The molecule has 0 saturated carbocycles. The molecule has 2 aromatic rings. The van der Waals surface area contributed by atoms with Crippen molar-refractivity contribution in [1.29, 1.82) is 0 Å². The Morgan fingerprint density at radius 3 is 2.24 bits per heavy atom. The monoisotopic (exact) mass is 454 g/mol. The van der Waals surface area contributed by atoms with Gasteiger partial charge < -0.3 is 25.2 Å². The summed E-state index contributed by atoms with van der Waals surface area (Å²) in [4.78, 5) is 35.0. The number of hydrogen-bond acceptors (Lipinski definition) is 5. The number of nitrogens with one attached hydrogen (secondary N) is 2. The highest BCUT2D eigenvalue weighted by Crippen LogP contribution is 2.44. The van der Waals surface area contributed by atoms with Crippen LogP contribution in [0.15, 0.2) is 48.5 Å². The van der Waals surface area contributed by atoms with Crippen LogP contribution >= 0.6 is 0 Å². The molecule has 0 saturated heterocycles. The molecule has 0 aliphatic heterocycles. The second kappa shape index (κ2) is 12.0. The van der Waals surface area contributed by atoms with E-state index in [0.717, 1.165) is 22.3 Å². The maximum atomic E-state index is 12.4. The van der Waals surface area contributed by atoms with E-state index >= 15 is 0 Å². The van der Waals surface area contributed by atoms with Gasteiger partial charge in [0, 0.05) is 24.9 Å². The smallest absolute Gasteiger partial charge is 0.407 e. The summed E-state index contributed by atoms with van der Waals surface area (Å²) >= 11 is 0. The molecule has 33 heavy (non-hydrogen) atoms. The van der Waals surface area contributed by atoms with Gasteiger partial charge in [-0.15, -0.1) is 0 Å². The van der Waals surface area contributed by atoms with Crippen molar-refractivity contribution < 1.29 is 29.0 Å². The number of alkyl carbamates (subject to hydrolysis) is 1. The van der Waals surface area contributed by atoms with Crippen LogP contribution in [0.1, 0.15) is 43.2 Å². The first kappa shape index (κ1) is 24.3. The van der Waals surface area contributed by atoms with Crippen LogP contribution in [0, 0.1) is 0 Å². The van der Waals surface area contributed by atoms with E-state index in [1.165, 1.54) is 0 Å². The van der Waals surface area contributed by atoms with Crippen molar-refractivity contribution in [2.24, 2.45) is 0 Å². The van der Waals surface area contributed by atoms with Gasteiger partial charge in [0.05, 0.1) is 19.6 Å². The van der Waals surface area contributed by atoms with Gasteiger partial charge >= 0.3 is 12.1 Å². The van der Waals surface area contributed by atoms with E-state index in [4.69, 9.17) is 14.6 Å². The quantitative estimate of drug-likeness (QED) is 0.424. The van der Waals surface area contributed by atoms with Crippen LogP contribution in [0.4, 0.5) is 4.79 Å². The number of carboxylic acid groups (broad SMARTS) is 1. The number of hydrogen-bond donors (Lipinski definition) is 3. The fourth-order valence-electron chi connectivity index (χ4n) is 3.92. The maximum absolute atomic E-state index is 12.4. The van der Waals surface area contributed by atoms with E-state index in [2.05, 4.69) is 34.9 Å². The summed E-state index contributed by atoms with van der Waals surface area (Å²) in [5.74, 6) is -1.17. The van der Waals surface area contributed by atoms with E-state index in [1.54, 1.807) is 0 Å². The van der Waals surface area contributed by atoms with Gasteiger partial charge in [-0.3, -0.25) is 9.59 Å². The lowest BCUT2D eigenvalue weighted by molar-refractivity contribution is -0.138. The highest BCUT2D eigenvalue weighted by atomic mass is 16.5. The third-order valence-electron chi connectivity index (χ3n) is 5.62. The Morgan fingerprint density at radius 2 is 1.64 bits per heavy atom. The van der Waals surface area contributed by atoms with Gasteiger partial charge in [0.25, 0.3) is 0 Å². The molecule has 8 nitrogen and oxygen atoms in total. The first-order chi connectivity index (χ1) is 16.0. The number of benzene rings is 2. The van der Waals surface area contributed by atoms with Crippen molar-refractivity contribution in [1.82, 2.24) is 10.6 Å². The second-order valence-corrected chi connectivity index (χ2v) is 7.89. The topological polar surface area (TPSA) is 114 Å². The van der Waals surface area contributed by atoms with Crippen molar-refractivity contribution in [2.45, 2.75) is 38.1 Å². The highest BCUT2D eigenvalue weighted by molar-refractivity contribution is 5.79. The van der Waals surface area contributed by atoms with Crippen LogP contribution in [0.3, 0.4) is 0 Å². The number of ether oxygens (including phenoxy) is 2. The molecule has 0 fully saturated rings. The summed E-state index contributed by atoms with van der Waals surface area (Å²) in [6, 6.07) is 15.9. The zero-order chi connectivity index (χ0) is 23.6. The van der Waals surface area contributed by atoms with Gasteiger partial charge in [-0.2, -0.15) is 0 Å². The van der Waals surface area contributed by atoms with E-state index in [9.17, 15) is 14.4 Å². The minimum Gasteiger partial charge on any atom is -0.481 e. The Hall–Kier alpha value is -3.39. The first-order valence-corrected chi connectivity index (χ1v) is 11.2. The average Bonchev–Trinajstić information content (AvgIpc) is 3.13. The van der Waals surface area contributed by atoms with E-state index < -0.39 is 12.1 Å². The molecule has 2 amide bonds. The van der Waals surface area contributed by atoms with Crippen LogP contribution in [-0.4, -0.2) is 55.5 Å². The predicted octanol–water partition coefficient (Wildman–Crippen LogP) is 3.30. The second-order valence-electron chi connectivity index (χ2n) is 7.89. The van der Waals surface area contributed by atoms with Crippen LogP contribution in [0.25, 0.3) is 11.1 Å². The van der Waals surface area contributed by atoms with Crippen molar-refractivity contribution in [3.05, 3.63) is 59.7 Å². The lowest BCUT2D eigenvalue weighted by atomic mass is 9.98. The Morgan fingerprint density at radius 1 is 1.00 bits per heavy atom. The average molecular weight is 455 g/mol. The molecule has 1 atom stereocenters. The lowest BCUT2D eigenvalue weighted by Crippen LogP contribution is -2.40. The Bertz CT molecular complexity index is 931. The minimum atomic E-state index is -0.927. The highest BCUT2D eigenvalue weighted by Gasteiger charge is 2.29. The fourth-order valence-corrected chi connectivity index (χ4v) is 3.92. The summed E-state index contributed by atoms with van der Waals surface area (Å²) in [6.07, 6.45) is 0.0758. The minimum absolute atomic E-state index is 0.0207. The predicted molar refractivity (Wildman–Crippen MR) is 123 cm³/mol. The number of amides is 2. The molecule has 3 rings (SSSR count). The van der Waals surface area contributed by atoms with E-state index in [-0.39, 0.29) is 57.1 Å². The molecule has 1 aliphatic rings. The zero-order valence-corrected chi connectivity index (χ0v) is 18.7. The SMILES string of the molecule is CC[C@H](CC(=O)NCCOCCC(=O)O)NC(=O)OCC1c2ccccc2-c2ccccc21. The number of fused-ring (bicyclic) bond motifs is 3. The Labute approximate surface area is 193 Å². The number of carboxylic acids is 1. The zero-order valence-electron chi connectivity index (χ0n) is 18.7. The van der Waals surface area contributed by atoms with Crippen molar-refractivity contribution >= 4 is 18.0 Å². The molecular weight excluding hydrogens is 424 g/mol. The molecule has 8 heteroatoms. The Balaban J connectivity index is 1.43. The lowest BCUT2D eigenvalue weighted by Gasteiger charge is -2.19. The molecule has 3 N–H and O–H groups in total. The molecule has 0 aromatic heterocycles. The van der Waals surface area contributed by atoms with Gasteiger partial charge in [-0.1, -0.05) is 55.5 Å².